The van der Waals surface area contributed by atoms with Gasteiger partial charge in [0.1, 0.15) is 11.5 Å². The number of halogens is 1. The standard InChI is InChI=1S/C18H17ClN2O3/c1-18-10-15(14-9-11(19)3-8-16(14)24-18)20-17(22)21(18)12-4-6-13(23-2)7-5-12/h3-9,15H,10H2,1-2H3,(H,20,22). The van der Waals surface area contributed by atoms with Crippen LogP contribution in [0.5, 0.6) is 11.5 Å². The first-order chi connectivity index (χ1) is 11.5. The number of carbonyl (C=O) groups is 1. The van der Waals surface area contributed by atoms with Crippen LogP contribution in [0.4, 0.5) is 10.5 Å². The Morgan fingerprint density at radius 2 is 2.04 bits per heavy atom. The van der Waals surface area contributed by atoms with Crippen LogP contribution in [0, 0.1) is 0 Å². The highest BCUT2D eigenvalue weighted by Gasteiger charge is 2.49. The van der Waals surface area contributed by atoms with Crippen LogP contribution in [-0.4, -0.2) is 18.9 Å². The van der Waals surface area contributed by atoms with E-state index in [1.54, 1.807) is 18.1 Å². The fourth-order valence-corrected chi connectivity index (χ4v) is 3.65. The third-order valence-electron chi connectivity index (χ3n) is 4.56. The van der Waals surface area contributed by atoms with E-state index >= 15 is 0 Å². The van der Waals surface area contributed by atoms with Crippen LogP contribution in [-0.2, 0) is 0 Å². The van der Waals surface area contributed by atoms with Gasteiger partial charge >= 0.3 is 6.03 Å². The predicted octanol–water partition coefficient (Wildman–Crippen LogP) is 4.12. The zero-order valence-corrected chi connectivity index (χ0v) is 14.1. The van der Waals surface area contributed by atoms with Crippen molar-refractivity contribution in [2.45, 2.75) is 25.1 Å². The average Bonchev–Trinajstić information content (AvgIpc) is 2.55. The largest absolute Gasteiger partial charge is 0.497 e. The lowest BCUT2D eigenvalue weighted by Gasteiger charge is -2.50. The van der Waals surface area contributed by atoms with Gasteiger partial charge in [-0.3, -0.25) is 4.90 Å². The van der Waals surface area contributed by atoms with Gasteiger partial charge in [-0.1, -0.05) is 11.6 Å². The van der Waals surface area contributed by atoms with E-state index in [2.05, 4.69) is 5.32 Å². The molecule has 2 bridgehead atoms. The summed E-state index contributed by atoms with van der Waals surface area (Å²) < 4.78 is 11.4. The highest BCUT2D eigenvalue weighted by molar-refractivity contribution is 6.30. The fourth-order valence-electron chi connectivity index (χ4n) is 3.47. The number of fused-ring (bicyclic) bond motifs is 4. The summed E-state index contributed by atoms with van der Waals surface area (Å²) in [5.41, 5.74) is 0.914. The molecule has 2 aromatic carbocycles. The minimum Gasteiger partial charge on any atom is -0.497 e. The molecule has 2 aliphatic rings. The second-order valence-corrected chi connectivity index (χ2v) is 6.64. The molecule has 0 spiro atoms. The first-order valence-electron chi connectivity index (χ1n) is 7.73. The molecule has 0 radical (unpaired) electrons. The van der Waals surface area contributed by atoms with Gasteiger partial charge in [0.15, 0.2) is 5.72 Å². The number of nitrogens with one attached hydrogen (secondary N) is 1. The molecule has 1 fully saturated rings. The number of urea groups is 1. The molecule has 5 nitrogen and oxygen atoms in total. The maximum Gasteiger partial charge on any atom is 0.325 e. The van der Waals surface area contributed by atoms with E-state index in [9.17, 15) is 4.79 Å². The van der Waals surface area contributed by atoms with Crippen LogP contribution in [0.25, 0.3) is 0 Å². The van der Waals surface area contributed by atoms with E-state index in [4.69, 9.17) is 21.1 Å². The van der Waals surface area contributed by atoms with Crippen molar-refractivity contribution in [2.24, 2.45) is 0 Å². The highest BCUT2D eigenvalue weighted by Crippen LogP contribution is 2.46. The number of anilines is 1. The molecule has 124 valence electrons. The van der Waals surface area contributed by atoms with Crippen LogP contribution in [0.1, 0.15) is 24.9 Å². The molecule has 2 aliphatic heterocycles. The zero-order chi connectivity index (χ0) is 16.9. The maximum atomic E-state index is 12.7. The summed E-state index contributed by atoms with van der Waals surface area (Å²) in [6.07, 6.45) is 0.637. The molecule has 1 saturated heterocycles. The van der Waals surface area contributed by atoms with Crippen molar-refractivity contribution in [2.75, 3.05) is 12.0 Å². The summed E-state index contributed by atoms with van der Waals surface area (Å²) in [6.45, 7) is 1.93. The second kappa shape index (κ2) is 5.31. The Morgan fingerprint density at radius 1 is 1.29 bits per heavy atom. The molecule has 1 N–H and O–H groups in total. The van der Waals surface area contributed by atoms with Gasteiger partial charge in [0.2, 0.25) is 0 Å². The summed E-state index contributed by atoms with van der Waals surface area (Å²) in [5, 5.41) is 3.68. The van der Waals surface area contributed by atoms with Gasteiger partial charge < -0.3 is 14.8 Å². The highest BCUT2D eigenvalue weighted by atomic mass is 35.5. The Bertz CT molecular complexity index is 808. The van der Waals surface area contributed by atoms with Gasteiger partial charge in [-0.2, -0.15) is 0 Å². The first-order valence-corrected chi connectivity index (χ1v) is 8.11. The molecular formula is C18H17ClN2O3. The van der Waals surface area contributed by atoms with Crippen LogP contribution in [0.15, 0.2) is 42.5 Å². The van der Waals surface area contributed by atoms with E-state index < -0.39 is 5.72 Å². The van der Waals surface area contributed by atoms with E-state index in [0.717, 1.165) is 22.7 Å². The first kappa shape index (κ1) is 15.1. The minimum atomic E-state index is -0.761. The number of nitrogens with zero attached hydrogens (tertiary/aromatic N) is 1. The third kappa shape index (κ3) is 2.27. The van der Waals surface area contributed by atoms with E-state index in [0.29, 0.717) is 11.4 Å². The Labute approximate surface area is 145 Å². The Morgan fingerprint density at radius 3 is 2.75 bits per heavy atom. The lowest BCUT2D eigenvalue weighted by Crippen LogP contribution is -2.65. The van der Waals surface area contributed by atoms with Gasteiger partial charge in [0.05, 0.1) is 13.2 Å². The number of methoxy groups -OCH3 is 1. The van der Waals surface area contributed by atoms with Gasteiger partial charge in [-0.05, 0) is 49.4 Å². The van der Waals surface area contributed by atoms with Crippen molar-refractivity contribution in [3.05, 3.63) is 53.1 Å². The summed E-state index contributed by atoms with van der Waals surface area (Å²) in [5.74, 6) is 1.49. The summed E-state index contributed by atoms with van der Waals surface area (Å²) in [6, 6.07) is 12.6. The van der Waals surface area contributed by atoms with E-state index in [-0.39, 0.29) is 12.1 Å². The third-order valence-corrected chi connectivity index (χ3v) is 4.80. The van der Waals surface area contributed by atoms with Gasteiger partial charge in [-0.25, -0.2) is 4.79 Å². The molecule has 2 atom stereocenters. The normalized spacial score (nSPS) is 24.7. The molecule has 2 heterocycles. The number of carbonyl (C=O) groups excluding carboxylic acids is 1. The number of hydrogen-bond acceptors (Lipinski definition) is 3. The number of hydrogen-bond donors (Lipinski definition) is 1. The molecule has 2 unspecified atom stereocenters. The maximum absolute atomic E-state index is 12.7. The monoisotopic (exact) mass is 344 g/mol. The number of ether oxygens (including phenoxy) is 2. The van der Waals surface area contributed by atoms with Crippen LogP contribution >= 0.6 is 11.6 Å². The molecular weight excluding hydrogens is 328 g/mol. The molecule has 4 rings (SSSR count). The van der Waals surface area contributed by atoms with Crippen molar-refractivity contribution in [3.8, 4) is 11.5 Å². The molecule has 24 heavy (non-hydrogen) atoms. The molecule has 0 saturated carbocycles. The summed E-state index contributed by atoms with van der Waals surface area (Å²) in [4.78, 5) is 14.4. The van der Waals surface area contributed by atoms with Crippen molar-refractivity contribution < 1.29 is 14.3 Å². The minimum absolute atomic E-state index is 0.112. The second-order valence-electron chi connectivity index (χ2n) is 6.20. The molecule has 2 aromatic rings. The number of benzene rings is 2. The van der Waals surface area contributed by atoms with Crippen molar-refractivity contribution >= 4 is 23.3 Å². The lowest BCUT2D eigenvalue weighted by atomic mass is 9.90. The fraction of sp³-hybridized carbons (Fsp3) is 0.278. The van der Waals surface area contributed by atoms with Crippen LogP contribution < -0.4 is 19.7 Å². The van der Waals surface area contributed by atoms with Gasteiger partial charge in [-0.15, -0.1) is 0 Å². The SMILES string of the molecule is COc1ccc(N2C(=O)NC3CC2(C)Oc2ccc(Cl)cc23)cc1. The van der Waals surface area contributed by atoms with Crippen molar-refractivity contribution in [1.82, 2.24) is 5.32 Å². The van der Waals surface area contributed by atoms with Crippen LogP contribution in [0.2, 0.25) is 5.02 Å². The molecule has 0 aromatic heterocycles. The van der Waals surface area contributed by atoms with E-state index in [1.165, 1.54) is 0 Å². The zero-order valence-electron chi connectivity index (χ0n) is 13.4. The molecule has 2 amide bonds. The summed E-state index contributed by atoms with van der Waals surface area (Å²) >= 11 is 6.09. The molecule has 6 heteroatoms. The Balaban J connectivity index is 1.76. The lowest BCUT2D eigenvalue weighted by molar-refractivity contribution is 0.0379. The topological polar surface area (TPSA) is 50.8 Å². The Kier molecular flexibility index (Phi) is 3.35. The van der Waals surface area contributed by atoms with Crippen molar-refractivity contribution in [1.29, 1.82) is 0 Å². The van der Waals surface area contributed by atoms with Gasteiger partial charge in [0.25, 0.3) is 0 Å². The molecule has 0 aliphatic carbocycles. The van der Waals surface area contributed by atoms with Crippen molar-refractivity contribution in [3.63, 3.8) is 0 Å². The van der Waals surface area contributed by atoms with Crippen LogP contribution in [0.3, 0.4) is 0 Å². The quantitative estimate of drug-likeness (QED) is 0.891. The number of amides is 2. The Hall–Kier alpha value is -2.40. The van der Waals surface area contributed by atoms with E-state index in [1.807, 2.05) is 43.3 Å². The predicted molar refractivity (Wildman–Crippen MR) is 91.8 cm³/mol. The smallest absolute Gasteiger partial charge is 0.325 e. The van der Waals surface area contributed by atoms with Gasteiger partial charge in [0, 0.05) is 22.7 Å². The summed E-state index contributed by atoms with van der Waals surface area (Å²) in [7, 11) is 1.61. The average molecular weight is 345 g/mol. The number of rotatable bonds is 2.